The molecule has 11 heteroatoms. The molecule has 0 atom stereocenters. The Bertz CT molecular complexity index is 1230. The highest BCUT2D eigenvalue weighted by Gasteiger charge is 2.25. The molecule has 0 saturated heterocycles. The van der Waals surface area contributed by atoms with Crippen LogP contribution in [0.25, 0.3) is 0 Å². The zero-order valence-corrected chi connectivity index (χ0v) is 18.7. The molecule has 3 aromatic rings. The number of carbonyl (C=O) groups is 1. The Balaban J connectivity index is 1.71. The summed E-state index contributed by atoms with van der Waals surface area (Å²) in [5.74, 6) is -0.764. The van der Waals surface area contributed by atoms with Crippen molar-refractivity contribution >= 4 is 27.5 Å². The van der Waals surface area contributed by atoms with E-state index in [2.05, 4.69) is 10.3 Å². The second kappa shape index (κ2) is 10.0. The molecule has 32 heavy (non-hydrogen) atoms. The van der Waals surface area contributed by atoms with Crippen molar-refractivity contribution in [3.05, 3.63) is 82.9 Å². The SMILES string of the molecule is CON(C)S(=O)(=O)c1cc(C(=O)NCc2ccc(Oc3cccnc3)c(F)c2)ccc1Cl. The van der Waals surface area contributed by atoms with Crippen molar-refractivity contribution in [1.29, 1.82) is 0 Å². The number of hydrogen-bond acceptors (Lipinski definition) is 6. The Labute approximate surface area is 189 Å². The highest BCUT2D eigenvalue weighted by atomic mass is 35.5. The third-order valence-corrected chi connectivity index (χ3v) is 6.54. The number of rotatable bonds is 8. The third-order valence-electron chi connectivity index (χ3n) is 4.38. The van der Waals surface area contributed by atoms with E-state index >= 15 is 0 Å². The van der Waals surface area contributed by atoms with Gasteiger partial charge in [-0.3, -0.25) is 14.6 Å². The molecule has 0 aliphatic heterocycles. The van der Waals surface area contributed by atoms with Crippen molar-refractivity contribution in [2.24, 2.45) is 0 Å². The summed E-state index contributed by atoms with van der Waals surface area (Å²) >= 11 is 6.00. The second-order valence-electron chi connectivity index (χ2n) is 6.48. The molecule has 1 aromatic heterocycles. The van der Waals surface area contributed by atoms with Crippen LogP contribution in [-0.2, 0) is 21.4 Å². The van der Waals surface area contributed by atoms with Gasteiger partial charge in [0.25, 0.3) is 15.9 Å². The molecule has 0 spiro atoms. The Morgan fingerprint density at radius 3 is 2.66 bits per heavy atom. The third kappa shape index (κ3) is 5.40. The molecule has 0 aliphatic rings. The van der Waals surface area contributed by atoms with Gasteiger partial charge in [0.2, 0.25) is 0 Å². The van der Waals surface area contributed by atoms with Gasteiger partial charge in [0.1, 0.15) is 10.6 Å². The lowest BCUT2D eigenvalue weighted by atomic mass is 10.2. The van der Waals surface area contributed by atoms with E-state index in [1.807, 2.05) is 0 Å². The van der Waals surface area contributed by atoms with Crippen LogP contribution in [0.15, 0.2) is 65.8 Å². The van der Waals surface area contributed by atoms with E-state index in [1.165, 1.54) is 44.6 Å². The average molecular weight is 480 g/mol. The maximum Gasteiger partial charge on any atom is 0.266 e. The molecular weight excluding hydrogens is 461 g/mol. The molecule has 0 bridgehead atoms. The summed E-state index contributed by atoms with van der Waals surface area (Å²) in [4.78, 5) is 20.9. The van der Waals surface area contributed by atoms with Crippen LogP contribution in [0.5, 0.6) is 11.5 Å². The fourth-order valence-electron chi connectivity index (χ4n) is 2.63. The van der Waals surface area contributed by atoms with Crippen LogP contribution in [0.2, 0.25) is 5.02 Å². The number of nitrogens with one attached hydrogen (secondary N) is 1. The van der Waals surface area contributed by atoms with Gasteiger partial charge in [-0.15, -0.1) is 0 Å². The van der Waals surface area contributed by atoms with Crippen molar-refractivity contribution in [2.45, 2.75) is 11.4 Å². The number of benzene rings is 2. The molecule has 0 aliphatic carbocycles. The first-order chi connectivity index (χ1) is 15.2. The summed E-state index contributed by atoms with van der Waals surface area (Å²) in [6, 6.07) is 11.4. The van der Waals surface area contributed by atoms with Crippen molar-refractivity contribution < 1.29 is 27.2 Å². The van der Waals surface area contributed by atoms with E-state index in [9.17, 15) is 17.6 Å². The van der Waals surface area contributed by atoms with Crippen LogP contribution in [-0.4, -0.2) is 37.9 Å². The summed E-state index contributed by atoms with van der Waals surface area (Å²) in [5.41, 5.74) is 0.546. The van der Waals surface area contributed by atoms with Crippen molar-refractivity contribution in [2.75, 3.05) is 14.2 Å². The van der Waals surface area contributed by atoms with E-state index < -0.39 is 21.7 Å². The Hall–Kier alpha value is -3.05. The Morgan fingerprint density at radius 1 is 1.22 bits per heavy atom. The predicted molar refractivity (Wildman–Crippen MR) is 115 cm³/mol. The molecule has 3 rings (SSSR count). The molecule has 1 amide bonds. The van der Waals surface area contributed by atoms with Gasteiger partial charge in [-0.25, -0.2) is 12.8 Å². The minimum absolute atomic E-state index is 0.00557. The van der Waals surface area contributed by atoms with Crippen molar-refractivity contribution in [3.63, 3.8) is 0 Å². The maximum absolute atomic E-state index is 14.4. The van der Waals surface area contributed by atoms with Gasteiger partial charge < -0.3 is 10.1 Å². The summed E-state index contributed by atoms with van der Waals surface area (Å²) < 4.78 is 45.4. The van der Waals surface area contributed by atoms with E-state index in [0.29, 0.717) is 15.8 Å². The standard InChI is InChI=1S/C21H19ClFN3O5S/c1-26(30-2)32(28,29)20-11-15(6-7-17(20)22)21(27)25-12-14-5-8-19(18(23)10-14)31-16-4-3-9-24-13-16/h3-11,13H,12H2,1-2H3,(H,25,27). The first-order valence-corrected chi connectivity index (χ1v) is 11.0. The van der Waals surface area contributed by atoms with Gasteiger partial charge >= 0.3 is 0 Å². The van der Waals surface area contributed by atoms with Gasteiger partial charge in [0, 0.05) is 25.4 Å². The van der Waals surface area contributed by atoms with Crippen LogP contribution < -0.4 is 10.1 Å². The Kier molecular flexibility index (Phi) is 7.41. The van der Waals surface area contributed by atoms with Crippen LogP contribution in [0.3, 0.4) is 0 Å². The maximum atomic E-state index is 14.4. The highest BCUT2D eigenvalue weighted by Crippen LogP contribution is 2.26. The number of aromatic nitrogens is 1. The summed E-state index contributed by atoms with van der Waals surface area (Å²) in [5, 5.41) is 2.56. The minimum atomic E-state index is -4.05. The van der Waals surface area contributed by atoms with Crippen molar-refractivity contribution in [3.8, 4) is 11.5 Å². The van der Waals surface area contributed by atoms with E-state index in [-0.39, 0.29) is 27.8 Å². The second-order valence-corrected chi connectivity index (χ2v) is 8.79. The molecule has 0 fully saturated rings. The van der Waals surface area contributed by atoms with Crippen LogP contribution in [0.1, 0.15) is 15.9 Å². The van der Waals surface area contributed by atoms with E-state index in [1.54, 1.807) is 24.4 Å². The van der Waals surface area contributed by atoms with Gasteiger partial charge in [-0.05, 0) is 48.0 Å². The number of ether oxygens (including phenoxy) is 1. The predicted octanol–water partition coefficient (Wildman–Crippen LogP) is 3.78. The van der Waals surface area contributed by atoms with Crippen LogP contribution in [0, 0.1) is 5.82 Å². The summed E-state index contributed by atoms with van der Waals surface area (Å²) in [6.07, 6.45) is 3.03. The lowest BCUT2D eigenvalue weighted by Crippen LogP contribution is -2.27. The van der Waals surface area contributed by atoms with Crippen LogP contribution >= 0.6 is 11.6 Å². The molecular formula is C21H19ClFN3O5S. The van der Waals surface area contributed by atoms with Crippen LogP contribution in [0.4, 0.5) is 4.39 Å². The Morgan fingerprint density at radius 2 is 2.00 bits per heavy atom. The number of hydroxylamine groups is 1. The number of sulfonamides is 1. The minimum Gasteiger partial charge on any atom is -0.453 e. The molecule has 2 aromatic carbocycles. The summed E-state index contributed by atoms with van der Waals surface area (Å²) in [7, 11) is -1.66. The van der Waals surface area contributed by atoms with Gasteiger partial charge in [0.05, 0.1) is 18.3 Å². The molecule has 8 nitrogen and oxygen atoms in total. The topological polar surface area (TPSA) is 97.8 Å². The molecule has 0 radical (unpaired) electrons. The average Bonchev–Trinajstić information content (AvgIpc) is 2.79. The quantitative estimate of drug-likeness (QED) is 0.494. The smallest absolute Gasteiger partial charge is 0.266 e. The molecule has 1 N–H and O–H groups in total. The number of nitrogens with zero attached hydrogens (tertiary/aromatic N) is 2. The lowest BCUT2D eigenvalue weighted by molar-refractivity contribution is -0.0258. The van der Waals surface area contributed by atoms with Gasteiger partial charge in [-0.2, -0.15) is 0 Å². The van der Waals surface area contributed by atoms with E-state index in [4.69, 9.17) is 21.2 Å². The first kappa shape index (κ1) is 23.6. The fraction of sp³-hybridized carbons (Fsp3) is 0.143. The molecule has 168 valence electrons. The van der Waals surface area contributed by atoms with Gasteiger partial charge in [-0.1, -0.05) is 22.1 Å². The zero-order valence-electron chi connectivity index (χ0n) is 17.1. The number of amides is 1. The van der Waals surface area contributed by atoms with Gasteiger partial charge in [0.15, 0.2) is 11.6 Å². The molecule has 1 heterocycles. The highest BCUT2D eigenvalue weighted by molar-refractivity contribution is 7.89. The monoisotopic (exact) mass is 479 g/mol. The van der Waals surface area contributed by atoms with Crippen molar-refractivity contribution in [1.82, 2.24) is 14.8 Å². The molecule has 0 unspecified atom stereocenters. The lowest BCUT2D eigenvalue weighted by Gasteiger charge is -2.16. The fourth-order valence-corrected chi connectivity index (χ4v) is 4.11. The summed E-state index contributed by atoms with van der Waals surface area (Å²) in [6.45, 7) is 0.00557. The number of hydrogen-bond donors (Lipinski definition) is 1. The first-order valence-electron chi connectivity index (χ1n) is 9.19. The zero-order chi connectivity index (χ0) is 23.3. The number of pyridine rings is 1. The molecule has 0 saturated carbocycles. The number of halogens is 2. The number of carbonyl (C=O) groups excluding carboxylic acids is 1. The normalized spacial score (nSPS) is 11.4. The van der Waals surface area contributed by atoms with E-state index in [0.717, 1.165) is 6.07 Å². The largest absolute Gasteiger partial charge is 0.453 e.